The van der Waals surface area contributed by atoms with Crippen molar-refractivity contribution in [1.82, 2.24) is 0 Å². The maximum atomic E-state index is 10.8. The van der Waals surface area contributed by atoms with E-state index in [1.165, 1.54) is 18.3 Å². The van der Waals surface area contributed by atoms with Crippen LogP contribution in [-0.4, -0.2) is 16.2 Å². The van der Waals surface area contributed by atoms with Crippen molar-refractivity contribution in [3.05, 3.63) is 63.7 Å². The standard InChI is InChI=1S/C14H13N3O3/c1-10-7-13(17(19)20)8-11(14(10)18)9-15-16-12-5-3-2-4-6-12/h2-9,16,18H,1H3. The molecule has 0 aliphatic heterocycles. The zero-order chi connectivity index (χ0) is 14.5. The number of nitrogens with zero attached hydrogens (tertiary/aromatic N) is 2. The molecule has 2 aromatic carbocycles. The summed E-state index contributed by atoms with van der Waals surface area (Å²) in [5.74, 6) is -0.0192. The van der Waals surface area contributed by atoms with Gasteiger partial charge < -0.3 is 5.11 Å². The zero-order valence-corrected chi connectivity index (χ0v) is 10.8. The summed E-state index contributed by atoms with van der Waals surface area (Å²) in [7, 11) is 0. The average molecular weight is 271 g/mol. The summed E-state index contributed by atoms with van der Waals surface area (Å²) >= 11 is 0. The van der Waals surface area contributed by atoms with Gasteiger partial charge in [-0.25, -0.2) is 0 Å². The van der Waals surface area contributed by atoms with Gasteiger partial charge in [-0.2, -0.15) is 5.10 Å². The lowest BCUT2D eigenvalue weighted by atomic mass is 10.1. The Hall–Kier alpha value is -2.89. The number of non-ortho nitro benzene ring substituents is 1. The number of hydrogen-bond donors (Lipinski definition) is 2. The van der Waals surface area contributed by atoms with Gasteiger partial charge in [0.25, 0.3) is 5.69 Å². The van der Waals surface area contributed by atoms with Gasteiger partial charge in [0.1, 0.15) is 5.75 Å². The summed E-state index contributed by atoms with van der Waals surface area (Å²) in [4.78, 5) is 10.3. The number of hydrogen-bond acceptors (Lipinski definition) is 5. The second-order valence-electron chi connectivity index (χ2n) is 4.19. The predicted molar refractivity (Wildman–Crippen MR) is 77.2 cm³/mol. The molecule has 2 aromatic rings. The number of phenolic OH excluding ortho intramolecular Hbond substituents is 1. The molecule has 0 aliphatic rings. The van der Waals surface area contributed by atoms with Crippen molar-refractivity contribution in [2.24, 2.45) is 5.10 Å². The number of nitro benzene ring substituents is 1. The van der Waals surface area contributed by atoms with E-state index in [0.29, 0.717) is 11.1 Å². The molecule has 0 amide bonds. The molecule has 102 valence electrons. The van der Waals surface area contributed by atoms with Gasteiger partial charge in [-0.3, -0.25) is 15.5 Å². The van der Waals surface area contributed by atoms with E-state index in [-0.39, 0.29) is 11.4 Å². The number of aryl methyl sites for hydroxylation is 1. The van der Waals surface area contributed by atoms with Gasteiger partial charge in [0, 0.05) is 17.7 Å². The Balaban J connectivity index is 2.22. The Morgan fingerprint density at radius 3 is 2.65 bits per heavy atom. The van der Waals surface area contributed by atoms with Crippen LogP contribution in [0.15, 0.2) is 47.6 Å². The summed E-state index contributed by atoms with van der Waals surface area (Å²) in [5, 5.41) is 24.6. The van der Waals surface area contributed by atoms with Crippen LogP contribution in [0.1, 0.15) is 11.1 Å². The highest BCUT2D eigenvalue weighted by atomic mass is 16.6. The maximum absolute atomic E-state index is 10.8. The van der Waals surface area contributed by atoms with Gasteiger partial charge in [0.05, 0.1) is 16.8 Å². The Bertz CT molecular complexity index is 654. The zero-order valence-electron chi connectivity index (χ0n) is 10.8. The molecule has 6 heteroatoms. The monoisotopic (exact) mass is 271 g/mol. The molecule has 2 rings (SSSR count). The van der Waals surface area contributed by atoms with Crippen LogP contribution < -0.4 is 5.43 Å². The van der Waals surface area contributed by atoms with Crippen LogP contribution in [0.4, 0.5) is 11.4 Å². The van der Waals surface area contributed by atoms with Gasteiger partial charge in [0.2, 0.25) is 0 Å². The highest BCUT2D eigenvalue weighted by molar-refractivity contribution is 5.85. The molecular formula is C14H13N3O3. The molecule has 0 radical (unpaired) electrons. The first kappa shape index (κ1) is 13.5. The minimum absolute atomic E-state index is 0.0192. The van der Waals surface area contributed by atoms with Crippen molar-refractivity contribution in [3.8, 4) is 5.75 Å². The molecule has 0 bridgehead atoms. The number of aromatic hydroxyl groups is 1. The predicted octanol–water partition coefficient (Wildman–Crippen LogP) is 3.05. The van der Waals surface area contributed by atoms with Gasteiger partial charge >= 0.3 is 0 Å². The highest BCUT2D eigenvalue weighted by Crippen LogP contribution is 2.26. The Morgan fingerprint density at radius 1 is 1.30 bits per heavy atom. The summed E-state index contributed by atoms with van der Waals surface area (Å²) in [6.45, 7) is 1.60. The molecule has 0 fully saturated rings. The topological polar surface area (TPSA) is 87.8 Å². The van der Waals surface area contributed by atoms with E-state index in [2.05, 4.69) is 10.5 Å². The highest BCUT2D eigenvalue weighted by Gasteiger charge is 2.12. The van der Waals surface area contributed by atoms with Crippen LogP contribution in [0.25, 0.3) is 0 Å². The first-order chi connectivity index (χ1) is 9.58. The molecule has 0 unspecified atom stereocenters. The van der Waals surface area contributed by atoms with Crippen LogP contribution in [0.5, 0.6) is 5.75 Å². The van der Waals surface area contributed by atoms with Crippen molar-refractivity contribution in [2.45, 2.75) is 6.92 Å². The molecule has 6 nitrogen and oxygen atoms in total. The van der Waals surface area contributed by atoms with E-state index in [4.69, 9.17) is 0 Å². The van der Waals surface area contributed by atoms with Crippen molar-refractivity contribution >= 4 is 17.6 Å². The molecule has 0 saturated carbocycles. The molecule has 0 aliphatic carbocycles. The van der Waals surface area contributed by atoms with E-state index >= 15 is 0 Å². The summed E-state index contributed by atoms with van der Waals surface area (Å²) < 4.78 is 0. The second kappa shape index (κ2) is 5.83. The Morgan fingerprint density at radius 2 is 2.00 bits per heavy atom. The van der Waals surface area contributed by atoms with Crippen LogP contribution in [0, 0.1) is 17.0 Å². The fourth-order valence-corrected chi connectivity index (χ4v) is 1.68. The molecule has 0 saturated heterocycles. The minimum Gasteiger partial charge on any atom is -0.507 e. The third-order valence-corrected chi connectivity index (χ3v) is 2.70. The molecule has 2 N–H and O–H groups in total. The third kappa shape index (κ3) is 3.11. The van der Waals surface area contributed by atoms with Crippen molar-refractivity contribution in [1.29, 1.82) is 0 Å². The lowest BCUT2D eigenvalue weighted by Crippen LogP contribution is -1.95. The smallest absolute Gasteiger partial charge is 0.270 e. The van der Waals surface area contributed by atoms with Crippen molar-refractivity contribution in [3.63, 3.8) is 0 Å². The minimum atomic E-state index is -0.506. The van der Waals surface area contributed by atoms with E-state index in [0.717, 1.165) is 5.69 Å². The SMILES string of the molecule is Cc1cc([N+](=O)[O-])cc(C=NNc2ccccc2)c1O. The molecule has 0 heterocycles. The second-order valence-corrected chi connectivity index (χ2v) is 4.19. The number of para-hydroxylation sites is 1. The molecule has 0 atom stereocenters. The van der Waals surface area contributed by atoms with Gasteiger partial charge in [-0.1, -0.05) is 18.2 Å². The third-order valence-electron chi connectivity index (χ3n) is 2.70. The molecule has 0 spiro atoms. The summed E-state index contributed by atoms with van der Waals surface area (Å²) in [6.07, 6.45) is 1.35. The fraction of sp³-hybridized carbons (Fsp3) is 0.0714. The number of nitro groups is 1. The fourth-order valence-electron chi connectivity index (χ4n) is 1.68. The number of rotatable bonds is 4. The quantitative estimate of drug-likeness (QED) is 0.508. The Labute approximate surface area is 115 Å². The normalized spacial score (nSPS) is 10.7. The lowest BCUT2D eigenvalue weighted by molar-refractivity contribution is -0.384. The molecule has 20 heavy (non-hydrogen) atoms. The number of nitrogens with one attached hydrogen (secondary N) is 1. The summed E-state index contributed by atoms with van der Waals surface area (Å²) in [5.41, 5.74) is 4.20. The van der Waals surface area contributed by atoms with E-state index in [1.54, 1.807) is 6.92 Å². The largest absolute Gasteiger partial charge is 0.507 e. The van der Waals surface area contributed by atoms with Crippen molar-refractivity contribution in [2.75, 3.05) is 5.43 Å². The lowest BCUT2D eigenvalue weighted by Gasteiger charge is -2.03. The van der Waals surface area contributed by atoms with Gasteiger partial charge in [-0.05, 0) is 24.6 Å². The maximum Gasteiger partial charge on any atom is 0.270 e. The van der Waals surface area contributed by atoms with Crippen LogP contribution in [0.3, 0.4) is 0 Å². The van der Waals surface area contributed by atoms with Crippen molar-refractivity contribution < 1.29 is 10.0 Å². The van der Waals surface area contributed by atoms with E-state index < -0.39 is 4.92 Å². The van der Waals surface area contributed by atoms with Gasteiger partial charge in [-0.15, -0.1) is 0 Å². The van der Waals surface area contributed by atoms with E-state index in [1.807, 2.05) is 30.3 Å². The van der Waals surface area contributed by atoms with Crippen LogP contribution in [0.2, 0.25) is 0 Å². The Kier molecular flexibility index (Phi) is 3.95. The van der Waals surface area contributed by atoms with E-state index in [9.17, 15) is 15.2 Å². The summed E-state index contributed by atoms with van der Waals surface area (Å²) in [6, 6.07) is 11.8. The van der Waals surface area contributed by atoms with Gasteiger partial charge in [0.15, 0.2) is 0 Å². The first-order valence-corrected chi connectivity index (χ1v) is 5.90. The first-order valence-electron chi connectivity index (χ1n) is 5.90. The number of anilines is 1. The van der Waals surface area contributed by atoms with Crippen LogP contribution >= 0.6 is 0 Å². The molecule has 0 aromatic heterocycles. The van der Waals surface area contributed by atoms with Crippen LogP contribution in [-0.2, 0) is 0 Å². The number of phenols is 1. The number of hydrazone groups is 1. The number of benzene rings is 2. The molecular weight excluding hydrogens is 258 g/mol. The average Bonchev–Trinajstić information content (AvgIpc) is 2.44.